The Morgan fingerprint density at radius 2 is 1.41 bits per heavy atom. The first-order chi connectivity index (χ1) is 13.5. The van der Waals surface area contributed by atoms with Gasteiger partial charge in [-0.1, -0.05) is 64.7 Å². The fourth-order valence-electron chi connectivity index (χ4n) is 3.17. The van der Waals surface area contributed by atoms with Crippen LogP contribution in [0.3, 0.4) is 0 Å². The predicted molar refractivity (Wildman–Crippen MR) is 109 cm³/mol. The molecule has 0 rings (SSSR count). The topological polar surface area (TPSA) is 155 Å². The van der Waals surface area contributed by atoms with Gasteiger partial charge >= 0.3 is 5.97 Å². The standard InChI is InChI=1S/C18H35O9S2/c1-2-3-4-5-7-10-13-16(28(21,22)23)17(29(24,25)26)14-11-8-6-9-12-15-18(19)27-20/h14,16-17,20H,2-13,15H2,1H3,(H,21,22,23)(H,24,25,26). The number of carbonyl (C=O) groups excluding carboxylic acids is 1. The molecule has 0 aliphatic rings. The minimum absolute atomic E-state index is 0.0464. The fraction of sp³-hybridized carbons (Fsp3) is 0.889. The van der Waals surface area contributed by atoms with Crippen LogP contribution in [-0.2, 0) is 29.9 Å². The number of carbonyl (C=O) groups is 1. The van der Waals surface area contributed by atoms with Crippen molar-refractivity contribution in [1.29, 1.82) is 0 Å². The minimum Gasteiger partial charge on any atom is -0.301 e. The Balaban J connectivity index is 4.61. The Morgan fingerprint density at radius 3 is 1.97 bits per heavy atom. The third kappa shape index (κ3) is 14.0. The first-order valence-corrected chi connectivity index (χ1v) is 13.1. The summed E-state index contributed by atoms with van der Waals surface area (Å²) in [6, 6.07) is 0. The quantitative estimate of drug-likeness (QED) is 0.120. The van der Waals surface area contributed by atoms with Crippen LogP contribution in [0.1, 0.15) is 90.4 Å². The normalized spacial score (nSPS) is 14.5. The highest BCUT2D eigenvalue weighted by Crippen LogP contribution is 2.24. The first kappa shape index (κ1) is 28.2. The molecular formula is C18H35O9S2. The number of unbranched alkanes of at least 4 members (excludes halogenated alkanes) is 9. The highest BCUT2D eigenvalue weighted by Gasteiger charge is 2.39. The summed E-state index contributed by atoms with van der Waals surface area (Å²) >= 11 is 0. The summed E-state index contributed by atoms with van der Waals surface area (Å²) in [6.07, 6.45) is 8.99. The van der Waals surface area contributed by atoms with Gasteiger partial charge in [0.2, 0.25) is 0 Å². The molecule has 0 amide bonds. The molecule has 0 aromatic carbocycles. The molecule has 0 fully saturated rings. The van der Waals surface area contributed by atoms with E-state index in [1.807, 2.05) is 0 Å². The molecule has 11 heteroatoms. The van der Waals surface area contributed by atoms with Crippen molar-refractivity contribution in [2.75, 3.05) is 0 Å². The van der Waals surface area contributed by atoms with Crippen LogP contribution >= 0.6 is 0 Å². The molecule has 0 aliphatic carbocycles. The van der Waals surface area contributed by atoms with Crippen molar-refractivity contribution in [3.05, 3.63) is 6.42 Å². The fourth-order valence-corrected chi connectivity index (χ4v) is 5.82. The molecule has 2 unspecified atom stereocenters. The van der Waals surface area contributed by atoms with Gasteiger partial charge in [0.15, 0.2) is 0 Å². The first-order valence-electron chi connectivity index (χ1n) is 10.1. The van der Waals surface area contributed by atoms with Crippen LogP contribution in [-0.4, -0.2) is 47.7 Å². The third-order valence-electron chi connectivity index (χ3n) is 4.77. The second-order valence-corrected chi connectivity index (χ2v) is 10.5. The lowest BCUT2D eigenvalue weighted by atomic mass is 10.0. The molecule has 29 heavy (non-hydrogen) atoms. The second kappa shape index (κ2) is 15.1. The lowest BCUT2D eigenvalue weighted by Gasteiger charge is -2.22. The SMILES string of the molecule is CCCCCCCCC(C([CH]CCCCCCC(=O)OO)S(=O)(=O)O)S(=O)(=O)O. The Bertz CT molecular complexity index is 644. The van der Waals surface area contributed by atoms with Gasteiger partial charge in [0.25, 0.3) is 20.2 Å². The van der Waals surface area contributed by atoms with E-state index in [0.29, 0.717) is 32.1 Å². The summed E-state index contributed by atoms with van der Waals surface area (Å²) in [5.41, 5.74) is 0. The molecule has 9 nitrogen and oxygen atoms in total. The zero-order valence-corrected chi connectivity index (χ0v) is 18.7. The van der Waals surface area contributed by atoms with E-state index in [-0.39, 0.29) is 19.3 Å². The number of hydrogen-bond donors (Lipinski definition) is 3. The molecule has 2 atom stereocenters. The molecule has 0 saturated carbocycles. The van der Waals surface area contributed by atoms with Crippen LogP contribution in [0.4, 0.5) is 0 Å². The highest BCUT2D eigenvalue weighted by molar-refractivity contribution is 7.90. The van der Waals surface area contributed by atoms with E-state index in [4.69, 9.17) is 5.26 Å². The lowest BCUT2D eigenvalue weighted by Crippen LogP contribution is -2.40. The van der Waals surface area contributed by atoms with Gasteiger partial charge in [0, 0.05) is 6.42 Å². The van der Waals surface area contributed by atoms with Crippen molar-refractivity contribution in [2.24, 2.45) is 0 Å². The zero-order chi connectivity index (χ0) is 22.3. The highest BCUT2D eigenvalue weighted by atomic mass is 32.2. The van der Waals surface area contributed by atoms with E-state index in [9.17, 15) is 30.7 Å². The van der Waals surface area contributed by atoms with Gasteiger partial charge in [-0.2, -0.15) is 22.1 Å². The molecule has 0 aliphatic heterocycles. The smallest absolute Gasteiger partial charge is 0.301 e. The summed E-state index contributed by atoms with van der Waals surface area (Å²) in [5, 5.41) is 4.86. The van der Waals surface area contributed by atoms with Gasteiger partial charge in [-0.3, -0.25) is 9.11 Å². The summed E-state index contributed by atoms with van der Waals surface area (Å²) < 4.78 is 66.0. The second-order valence-electron chi connectivity index (χ2n) is 7.24. The Morgan fingerprint density at radius 1 is 0.862 bits per heavy atom. The largest absolute Gasteiger partial charge is 0.342 e. The van der Waals surface area contributed by atoms with Crippen LogP contribution in [0.25, 0.3) is 0 Å². The van der Waals surface area contributed by atoms with Gasteiger partial charge in [-0.15, -0.1) is 0 Å². The number of hydrogen-bond acceptors (Lipinski definition) is 7. The van der Waals surface area contributed by atoms with Crippen molar-refractivity contribution in [1.82, 2.24) is 0 Å². The van der Waals surface area contributed by atoms with E-state index in [1.54, 1.807) is 0 Å². The summed E-state index contributed by atoms with van der Waals surface area (Å²) in [4.78, 5) is 14.3. The van der Waals surface area contributed by atoms with Crippen molar-refractivity contribution >= 4 is 26.2 Å². The Labute approximate surface area is 174 Å². The summed E-state index contributed by atoms with van der Waals surface area (Å²) in [5.74, 6) is -0.728. The molecule has 1 radical (unpaired) electrons. The monoisotopic (exact) mass is 459 g/mol. The van der Waals surface area contributed by atoms with E-state index in [0.717, 1.165) is 32.1 Å². The van der Waals surface area contributed by atoms with Crippen LogP contribution < -0.4 is 0 Å². The van der Waals surface area contributed by atoms with Crippen LogP contribution in [0, 0.1) is 6.42 Å². The van der Waals surface area contributed by atoms with Crippen LogP contribution in [0.15, 0.2) is 0 Å². The maximum Gasteiger partial charge on any atom is 0.342 e. The van der Waals surface area contributed by atoms with Gasteiger partial charge in [0.05, 0.1) is 0 Å². The lowest BCUT2D eigenvalue weighted by molar-refractivity contribution is -0.234. The number of rotatable bonds is 18. The average molecular weight is 460 g/mol. The van der Waals surface area contributed by atoms with Crippen molar-refractivity contribution in [3.8, 4) is 0 Å². The van der Waals surface area contributed by atoms with Crippen molar-refractivity contribution in [3.63, 3.8) is 0 Å². The molecule has 173 valence electrons. The Kier molecular flexibility index (Phi) is 14.7. The Hall–Kier alpha value is -0.750. The van der Waals surface area contributed by atoms with E-state index in [1.165, 1.54) is 6.42 Å². The van der Waals surface area contributed by atoms with Crippen LogP contribution in [0.5, 0.6) is 0 Å². The zero-order valence-electron chi connectivity index (χ0n) is 17.0. The minimum atomic E-state index is -4.69. The maximum atomic E-state index is 11.7. The van der Waals surface area contributed by atoms with Gasteiger partial charge in [-0.05, 0) is 25.7 Å². The maximum absolute atomic E-state index is 11.7. The van der Waals surface area contributed by atoms with Crippen molar-refractivity contribution < 1.29 is 40.9 Å². The third-order valence-corrected chi connectivity index (χ3v) is 7.45. The van der Waals surface area contributed by atoms with Crippen molar-refractivity contribution in [2.45, 2.75) is 101 Å². The van der Waals surface area contributed by atoms with E-state index in [2.05, 4.69) is 11.8 Å². The molecule has 0 spiro atoms. The predicted octanol–water partition coefficient (Wildman–Crippen LogP) is 3.81. The van der Waals surface area contributed by atoms with Gasteiger partial charge in [0.1, 0.15) is 10.5 Å². The molecule has 0 saturated heterocycles. The molecule has 0 heterocycles. The van der Waals surface area contributed by atoms with Crippen LogP contribution in [0.2, 0.25) is 0 Å². The summed E-state index contributed by atoms with van der Waals surface area (Å²) in [6.45, 7) is 2.07. The average Bonchev–Trinajstić information content (AvgIpc) is 2.62. The van der Waals surface area contributed by atoms with E-state index >= 15 is 0 Å². The van der Waals surface area contributed by atoms with E-state index < -0.39 is 36.7 Å². The molecule has 3 N–H and O–H groups in total. The molecular weight excluding hydrogens is 424 g/mol. The molecule has 0 aromatic rings. The molecule has 0 bridgehead atoms. The molecule has 0 aromatic heterocycles. The van der Waals surface area contributed by atoms with Gasteiger partial charge in [-0.25, -0.2) is 4.79 Å². The summed E-state index contributed by atoms with van der Waals surface area (Å²) in [7, 11) is -9.35. The van der Waals surface area contributed by atoms with Gasteiger partial charge < -0.3 is 4.89 Å².